The zero-order valence-corrected chi connectivity index (χ0v) is 13.7. The number of rotatable bonds is 4. The van der Waals surface area contributed by atoms with Crippen LogP contribution in [0.15, 0.2) is 36.4 Å². The first-order chi connectivity index (χ1) is 11.6. The van der Waals surface area contributed by atoms with Crippen molar-refractivity contribution in [3.8, 4) is 5.75 Å². The van der Waals surface area contributed by atoms with Crippen molar-refractivity contribution < 1.29 is 19.1 Å². The Labute approximate surface area is 141 Å². The summed E-state index contributed by atoms with van der Waals surface area (Å²) in [5.41, 5.74) is 0.932. The predicted octanol–water partition coefficient (Wildman–Crippen LogP) is 2.74. The summed E-state index contributed by atoms with van der Waals surface area (Å²) in [6, 6.07) is 10.0. The van der Waals surface area contributed by atoms with Gasteiger partial charge in [-0.25, -0.2) is 14.8 Å². The smallest absolute Gasteiger partial charge is 0.356 e. The van der Waals surface area contributed by atoms with E-state index in [9.17, 15) is 9.59 Å². The number of nitrogens with zero attached hydrogens (tertiary/aromatic N) is 2. The molecule has 0 aliphatic rings. The standard InChI is InChI=1S/C16H13N3O4S/c1-22-9-6-7-10-13(8-9)24-16(18-10)19-14(20)11-4-3-5-12(17-11)15(21)23-2/h3-8H,1-2H3,(H,18,19,20). The van der Waals surface area contributed by atoms with Gasteiger partial charge in [0.25, 0.3) is 5.91 Å². The van der Waals surface area contributed by atoms with Gasteiger partial charge in [-0.1, -0.05) is 17.4 Å². The quantitative estimate of drug-likeness (QED) is 0.733. The number of methoxy groups -OCH3 is 2. The molecule has 2 heterocycles. The monoisotopic (exact) mass is 343 g/mol. The number of hydrogen-bond acceptors (Lipinski definition) is 7. The van der Waals surface area contributed by atoms with Gasteiger partial charge >= 0.3 is 5.97 Å². The Morgan fingerprint density at radius 1 is 1.08 bits per heavy atom. The number of ether oxygens (including phenoxy) is 2. The van der Waals surface area contributed by atoms with Crippen LogP contribution < -0.4 is 10.1 Å². The molecule has 0 aliphatic heterocycles. The molecule has 0 bridgehead atoms. The zero-order valence-electron chi connectivity index (χ0n) is 12.9. The first kappa shape index (κ1) is 15.9. The number of carbonyl (C=O) groups excluding carboxylic acids is 2. The Morgan fingerprint density at radius 3 is 2.62 bits per heavy atom. The maximum atomic E-state index is 12.3. The normalized spacial score (nSPS) is 10.4. The van der Waals surface area contributed by atoms with Crippen LogP contribution in [0.5, 0.6) is 5.75 Å². The minimum Gasteiger partial charge on any atom is -0.497 e. The largest absolute Gasteiger partial charge is 0.497 e. The topological polar surface area (TPSA) is 90.4 Å². The summed E-state index contributed by atoms with van der Waals surface area (Å²) in [7, 11) is 2.84. The molecule has 1 aromatic carbocycles. The molecule has 1 N–H and O–H groups in total. The molecule has 24 heavy (non-hydrogen) atoms. The molecule has 122 valence electrons. The minimum absolute atomic E-state index is 0.0687. The van der Waals surface area contributed by atoms with Crippen molar-refractivity contribution in [2.24, 2.45) is 0 Å². The molecule has 0 unspecified atom stereocenters. The van der Waals surface area contributed by atoms with Crippen molar-refractivity contribution >= 4 is 38.6 Å². The number of amides is 1. The van der Waals surface area contributed by atoms with Crippen LogP contribution in [0.25, 0.3) is 10.2 Å². The molecular weight excluding hydrogens is 330 g/mol. The van der Waals surface area contributed by atoms with Gasteiger partial charge in [0.1, 0.15) is 17.1 Å². The van der Waals surface area contributed by atoms with E-state index in [1.807, 2.05) is 12.1 Å². The van der Waals surface area contributed by atoms with Gasteiger partial charge in [0.2, 0.25) is 0 Å². The molecule has 0 saturated carbocycles. The Morgan fingerprint density at radius 2 is 1.88 bits per heavy atom. The van der Waals surface area contributed by atoms with E-state index in [1.165, 1.54) is 30.6 Å². The molecule has 3 rings (SSSR count). The number of hydrogen-bond donors (Lipinski definition) is 1. The van der Waals surface area contributed by atoms with Gasteiger partial charge in [0.05, 0.1) is 24.4 Å². The van der Waals surface area contributed by atoms with Gasteiger partial charge in [0, 0.05) is 0 Å². The van der Waals surface area contributed by atoms with Crippen LogP contribution in [0.4, 0.5) is 5.13 Å². The molecule has 8 heteroatoms. The molecule has 0 aliphatic carbocycles. The highest BCUT2D eigenvalue weighted by Crippen LogP contribution is 2.29. The number of aromatic nitrogens is 2. The fourth-order valence-electron chi connectivity index (χ4n) is 2.03. The Kier molecular flexibility index (Phi) is 4.39. The average molecular weight is 343 g/mol. The van der Waals surface area contributed by atoms with Crippen LogP contribution in [0.2, 0.25) is 0 Å². The number of nitrogens with one attached hydrogen (secondary N) is 1. The molecule has 1 amide bonds. The Hall–Kier alpha value is -3.00. The second-order valence-corrected chi connectivity index (χ2v) is 5.74. The van der Waals surface area contributed by atoms with Crippen LogP contribution in [-0.2, 0) is 4.74 Å². The van der Waals surface area contributed by atoms with E-state index >= 15 is 0 Å². The van der Waals surface area contributed by atoms with Gasteiger partial charge in [-0.2, -0.15) is 0 Å². The van der Waals surface area contributed by atoms with E-state index in [1.54, 1.807) is 19.2 Å². The van der Waals surface area contributed by atoms with Crippen LogP contribution in [0, 0.1) is 0 Å². The second kappa shape index (κ2) is 6.63. The second-order valence-electron chi connectivity index (χ2n) is 4.71. The summed E-state index contributed by atoms with van der Waals surface area (Å²) in [4.78, 5) is 32.1. The molecule has 7 nitrogen and oxygen atoms in total. The van der Waals surface area contributed by atoms with Gasteiger partial charge in [-0.05, 0) is 30.3 Å². The SMILES string of the molecule is COC(=O)c1cccc(C(=O)Nc2nc3ccc(OC)cc3s2)n1. The summed E-state index contributed by atoms with van der Waals surface area (Å²) in [6.07, 6.45) is 0. The summed E-state index contributed by atoms with van der Waals surface area (Å²) in [5, 5.41) is 3.12. The molecule has 0 saturated heterocycles. The van der Waals surface area contributed by atoms with Crippen molar-refractivity contribution in [1.82, 2.24) is 9.97 Å². The lowest BCUT2D eigenvalue weighted by molar-refractivity contribution is 0.0594. The summed E-state index contributed by atoms with van der Waals surface area (Å²) >= 11 is 1.32. The van der Waals surface area contributed by atoms with Gasteiger partial charge in [-0.3, -0.25) is 10.1 Å². The van der Waals surface area contributed by atoms with Gasteiger partial charge in [0.15, 0.2) is 5.13 Å². The van der Waals surface area contributed by atoms with Crippen LogP contribution in [0.3, 0.4) is 0 Å². The maximum absolute atomic E-state index is 12.3. The number of pyridine rings is 1. The third-order valence-corrected chi connectivity index (χ3v) is 4.13. The lowest BCUT2D eigenvalue weighted by atomic mass is 10.3. The van der Waals surface area contributed by atoms with E-state index < -0.39 is 11.9 Å². The number of anilines is 1. The lowest BCUT2D eigenvalue weighted by Crippen LogP contribution is -2.15. The molecular formula is C16H13N3O4S. The van der Waals surface area contributed by atoms with E-state index in [-0.39, 0.29) is 11.4 Å². The van der Waals surface area contributed by atoms with Crippen molar-refractivity contribution in [2.45, 2.75) is 0 Å². The fraction of sp³-hybridized carbons (Fsp3) is 0.125. The highest BCUT2D eigenvalue weighted by Gasteiger charge is 2.14. The summed E-state index contributed by atoms with van der Waals surface area (Å²) in [5.74, 6) is -0.333. The van der Waals surface area contributed by atoms with E-state index in [0.29, 0.717) is 5.13 Å². The van der Waals surface area contributed by atoms with Crippen LogP contribution in [0.1, 0.15) is 21.0 Å². The Balaban J connectivity index is 1.83. The van der Waals surface area contributed by atoms with Crippen LogP contribution >= 0.6 is 11.3 Å². The van der Waals surface area contributed by atoms with E-state index in [2.05, 4.69) is 20.0 Å². The minimum atomic E-state index is -0.600. The molecule has 0 atom stereocenters. The molecule has 0 fully saturated rings. The molecule has 2 aromatic heterocycles. The van der Waals surface area contributed by atoms with Gasteiger partial charge in [-0.15, -0.1) is 0 Å². The predicted molar refractivity (Wildman–Crippen MR) is 89.7 cm³/mol. The fourth-order valence-corrected chi connectivity index (χ4v) is 2.92. The summed E-state index contributed by atoms with van der Waals surface area (Å²) < 4.78 is 10.7. The van der Waals surface area contributed by atoms with Crippen molar-refractivity contribution in [1.29, 1.82) is 0 Å². The highest BCUT2D eigenvalue weighted by molar-refractivity contribution is 7.22. The van der Waals surface area contributed by atoms with Crippen molar-refractivity contribution in [3.63, 3.8) is 0 Å². The van der Waals surface area contributed by atoms with Gasteiger partial charge < -0.3 is 9.47 Å². The zero-order chi connectivity index (χ0) is 17.1. The number of benzene rings is 1. The first-order valence-electron chi connectivity index (χ1n) is 6.92. The third kappa shape index (κ3) is 3.18. The maximum Gasteiger partial charge on any atom is 0.356 e. The molecule has 0 spiro atoms. The Bertz CT molecular complexity index is 923. The number of thiazole rings is 1. The summed E-state index contributed by atoms with van der Waals surface area (Å²) in [6.45, 7) is 0. The van der Waals surface area contributed by atoms with Crippen molar-refractivity contribution in [2.75, 3.05) is 19.5 Å². The number of esters is 1. The average Bonchev–Trinajstić information content (AvgIpc) is 3.02. The van der Waals surface area contributed by atoms with E-state index in [4.69, 9.17) is 4.74 Å². The molecule has 3 aromatic rings. The third-order valence-electron chi connectivity index (χ3n) is 3.19. The van der Waals surface area contributed by atoms with Crippen LogP contribution in [-0.4, -0.2) is 36.1 Å². The first-order valence-corrected chi connectivity index (χ1v) is 7.73. The lowest BCUT2D eigenvalue weighted by Gasteiger charge is -2.03. The number of carbonyl (C=O) groups is 2. The number of fused-ring (bicyclic) bond motifs is 1. The van der Waals surface area contributed by atoms with E-state index in [0.717, 1.165) is 16.0 Å². The molecule has 0 radical (unpaired) electrons. The van der Waals surface area contributed by atoms with Crippen molar-refractivity contribution in [3.05, 3.63) is 47.8 Å². The highest BCUT2D eigenvalue weighted by atomic mass is 32.1.